The zero-order chi connectivity index (χ0) is 17.6. The summed E-state index contributed by atoms with van der Waals surface area (Å²) in [6.45, 7) is 0.425. The Morgan fingerprint density at radius 3 is 2.48 bits per heavy atom. The summed E-state index contributed by atoms with van der Waals surface area (Å²) in [4.78, 5) is 16.2. The number of nitrogens with one attached hydrogen (secondary N) is 1. The third-order valence-corrected chi connectivity index (χ3v) is 4.55. The molecule has 0 fully saturated rings. The molecule has 0 unspecified atom stereocenters. The van der Waals surface area contributed by atoms with Gasteiger partial charge in [0.15, 0.2) is 0 Å². The quantitative estimate of drug-likeness (QED) is 0.724. The van der Waals surface area contributed by atoms with Crippen LogP contribution in [0.25, 0.3) is 10.6 Å². The van der Waals surface area contributed by atoms with E-state index in [4.69, 9.17) is 0 Å². The van der Waals surface area contributed by atoms with E-state index in [2.05, 4.69) is 10.3 Å². The molecule has 0 aliphatic rings. The lowest BCUT2D eigenvalue weighted by molar-refractivity contribution is -0.120. The van der Waals surface area contributed by atoms with Crippen LogP contribution in [0, 0.1) is 11.6 Å². The van der Waals surface area contributed by atoms with Crippen LogP contribution < -0.4 is 5.32 Å². The van der Waals surface area contributed by atoms with Crippen LogP contribution in [-0.2, 0) is 17.6 Å². The van der Waals surface area contributed by atoms with E-state index in [1.807, 2.05) is 30.3 Å². The largest absolute Gasteiger partial charge is 0.355 e. The fourth-order valence-corrected chi connectivity index (χ4v) is 3.31. The highest BCUT2D eigenvalue weighted by molar-refractivity contribution is 7.13. The summed E-state index contributed by atoms with van der Waals surface area (Å²) in [6.07, 6.45) is 0.830. The van der Waals surface area contributed by atoms with E-state index in [1.54, 1.807) is 5.38 Å². The molecule has 2 aromatic carbocycles. The Morgan fingerprint density at radius 2 is 1.76 bits per heavy atom. The van der Waals surface area contributed by atoms with Crippen LogP contribution in [0.1, 0.15) is 11.3 Å². The van der Waals surface area contributed by atoms with Gasteiger partial charge >= 0.3 is 0 Å². The fourth-order valence-electron chi connectivity index (χ4n) is 2.41. The summed E-state index contributed by atoms with van der Waals surface area (Å²) < 4.78 is 27.6. The average molecular weight is 358 g/mol. The molecular weight excluding hydrogens is 342 g/mol. The zero-order valence-corrected chi connectivity index (χ0v) is 14.2. The molecule has 0 aliphatic heterocycles. The lowest BCUT2D eigenvalue weighted by atomic mass is 10.1. The molecule has 25 heavy (non-hydrogen) atoms. The molecule has 0 saturated carbocycles. The van der Waals surface area contributed by atoms with E-state index < -0.39 is 11.6 Å². The van der Waals surface area contributed by atoms with Crippen molar-refractivity contribution in [3.05, 3.63) is 76.8 Å². The number of nitrogens with zero attached hydrogens (tertiary/aromatic N) is 1. The number of halogens is 2. The van der Waals surface area contributed by atoms with Crippen LogP contribution in [0.15, 0.2) is 53.9 Å². The Hall–Kier alpha value is -2.60. The molecule has 0 spiro atoms. The molecule has 0 bridgehead atoms. The van der Waals surface area contributed by atoms with Gasteiger partial charge in [-0.25, -0.2) is 13.8 Å². The molecule has 0 atom stereocenters. The maximum atomic E-state index is 13.8. The van der Waals surface area contributed by atoms with Gasteiger partial charge in [0.2, 0.25) is 5.91 Å². The van der Waals surface area contributed by atoms with Gasteiger partial charge in [-0.15, -0.1) is 11.3 Å². The number of carbonyl (C=O) groups is 1. The van der Waals surface area contributed by atoms with Crippen molar-refractivity contribution in [1.82, 2.24) is 10.3 Å². The van der Waals surface area contributed by atoms with Crippen LogP contribution in [0.3, 0.4) is 0 Å². The monoisotopic (exact) mass is 358 g/mol. The van der Waals surface area contributed by atoms with E-state index in [-0.39, 0.29) is 11.5 Å². The van der Waals surface area contributed by atoms with Crippen molar-refractivity contribution in [2.24, 2.45) is 0 Å². The molecule has 6 heteroatoms. The third kappa shape index (κ3) is 4.48. The molecule has 3 aromatic rings. The lowest BCUT2D eigenvalue weighted by Gasteiger charge is -2.04. The van der Waals surface area contributed by atoms with E-state index in [9.17, 15) is 13.6 Å². The van der Waals surface area contributed by atoms with Crippen molar-refractivity contribution < 1.29 is 13.6 Å². The lowest BCUT2D eigenvalue weighted by Crippen LogP contribution is -2.27. The Labute approximate surface area is 148 Å². The number of thiazole rings is 1. The topological polar surface area (TPSA) is 42.0 Å². The molecule has 3 rings (SSSR count). The summed E-state index contributed by atoms with van der Waals surface area (Å²) in [5, 5.41) is 4.89. The van der Waals surface area contributed by atoms with Gasteiger partial charge in [0, 0.05) is 18.3 Å². The molecule has 0 radical (unpaired) electrons. The molecule has 1 aromatic heterocycles. The van der Waals surface area contributed by atoms with Gasteiger partial charge in [0.25, 0.3) is 0 Å². The first-order chi connectivity index (χ1) is 12.1. The predicted octanol–water partition coefficient (Wildman–Crippen LogP) is 3.99. The minimum atomic E-state index is -0.628. The summed E-state index contributed by atoms with van der Waals surface area (Å²) in [5.74, 6) is -1.32. The standard InChI is InChI=1S/C19H16F2N2OS/c20-15-7-4-8-16(21)18(15)19-23-14(12-25-19)9-10-22-17(24)11-13-5-2-1-3-6-13/h1-8,12H,9-11H2,(H,22,24). The van der Waals surface area contributed by atoms with Crippen LogP contribution >= 0.6 is 11.3 Å². The minimum absolute atomic E-state index is 0.0678. The van der Waals surface area contributed by atoms with Crippen LogP contribution in [-0.4, -0.2) is 17.4 Å². The first kappa shape index (κ1) is 17.2. The number of benzene rings is 2. The van der Waals surface area contributed by atoms with E-state index in [0.717, 1.165) is 5.56 Å². The second kappa shape index (κ2) is 7.98. The number of carbonyl (C=O) groups excluding carboxylic acids is 1. The van der Waals surface area contributed by atoms with Crippen molar-refractivity contribution in [3.63, 3.8) is 0 Å². The molecule has 1 heterocycles. The van der Waals surface area contributed by atoms with Crippen molar-refractivity contribution in [2.75, 3.05) is 6.54 Å². The number of aromatic nitrogens is 1. The van der Waals surface area contributed by atoms with Gasteiger partial charge in [-0.2, -0.15) is 0 Å². The van der Waals surface area contributed by atoms with Gasteiger partial charge in [-0.05, 0) is 17.7 Å². The maximum absolute atomic E-state index is 13.8. The molecule has 1 N–H and O–H groups in total. The fraction of sp³-hybridized carbons (Fsp3) is 0.158. The normalized spacial score (nSPS) is 10.6. The van der Waals surface area contributed by atoms with Crippen LogP contribution in [0.2, 0.25) is 0 Å². The van der Waals surface area contributed by atoms with Crippen molar-refractivity contribution >= 4 is 17.2 Å². The zero-order valence-electron chi connectivity index (χ0n) is 13.3. The van der Waals surface area contributed by atoms with Crippen LogP contribution in [0.4, 0.5) is 8.78 Å². The second-order valence-corrected chi connectivity index (χ2v) is 6.36. The molecular formula is C19H16F2N2OS. The number of hydrogen-bond acceptors (Lipinski definition) is 3. The van der Waals surface area contributed by atoms with Gasteiger partial charge in [0.05, 0.1) is 17.7 Å². The third-order valence-electron chi connectivity index (χ3n) is 3.64. The minimum Gasteiger partial charge on any atom is -0.355 e. The first-order valence-corrected chi connectivity index (χ1v) is 8.71. The van der Waals surface area contributed by atoms with E-state index in [0.29, 0.717) is 30.1 Å². The Bertz CT molecular complexity index is 845. The SMILES string of the molecule is O=C(Cc1ccccc1)NCCc1csc(-c2c(F)cccc2F)n1. The van der Waals surface area contributed by atoms with Crippen molar-refractivity contribution in [2.45, 2.75) is 12.8 Å². The summed E-state index contributed by atoms with van der Waals surface area (Å²) in [6, 6.07) is 13.2. The van der Waals surface area contributed by atoms with Gasteiger partial charge in [-0.3, -0.25) is 4.79 Å². The predicted molar refractivity (Wildman–Crippen MR) is 94.3 cm³/mol. The smallest absolute Gasteiger partial charge is 0.224 e. The Morgan fingerprint density at radius 1 is 1.04 bits per heavy atom. The van der Waals surface area contributed by atoms with Gasteiger partial charge in [-0.1, -0.05) is 36.4 Å². The van der Waals surface area contributed by atoms with Gasteiger partial charge < -0.3 is 5.32 Å². The number of rotatable bonds is 6. The molecule has 1 amide bonds. The van der Waals surface area contributed by atoms with Crippen LogP contribution in [0.5, 0.6) is 0 Å². The molecule has 0 aliphatic carbocycles. The Balaban J connectivity index is 1.55. The highest BCUT2D eigenvalue weighted by atomic mass is 32.1. The molecule has 3 nitrogen and oxygen atoms in total. The van der Waals surface area contributed by atoms with Gasteiger partial charge in [0.1, 0.15) is 16.6 Å². The Kier molecular flexibility index (Phi) is 5.50. The van der Waals surface area contributed by atoms with Crippen molar-refractivity contribution in [1.29, 1.82) is 0 Å². The van der Waals surface area contributed by atoms with Crippen molar-refractivity contribution in [3.8, 4) is 10.6 Å². The maximum Gasteiger partial charge on any atom is 0.224 e. The number of hydrogen-bond donors (Lipinski definition) is 1. The van der Waals surface area contributed by atoms with E-state index in [1.165, 1.54) is 29.5 Å². The molecule has 128 valence electrons. The van der Waals surface area contributed by atoms with E-state index >= 15 is 0 Å². The summed E-state index contributed by atoms with van der Waals surface area (Å²) in [5.41, 5.74) is 1.54. The second-order valence-electron chi connectivity index (χ2n) is 5.50. The average Bonchev–Trinajstić information content (AvgIpc) is 3.04. The number of amides is 1. The molecule has 0 saturated heterocycles. The highest BCUT2D eigenvalue weighted by Crippen LogP contribution is 2.28. The first-order valence-electron chi connectivity index (χ1n) is 7.83. The summed E-state index contributed by atoms with van der Waals surface area (Å²) in [7, 11) is 0. The summed E-state index contributed by atoms with van der Waals surface area (Å²) >= 11 is 1.19. The highest BCUT2D eigenvalue weighted by Gasteiger charge is 2.14.